The van der Waals surface area contributed by atoms with Crippen LogP contribution in [0.5, 0.6) is 0 Å². The van der Waals surface area contributed by atoms with Gasteiger partial charge in [-0.05, 0) is 0 Å². The molecular weight excluding hydrogens is 306 g/mol. The Bertz CT molecular complexity index is 523. The van der Waals surface area contributed by atoms with Crippen molar-refractivity contribution in [2.45, 2.75) is 26.2 Å². The quantitative estimate of drug-likeness (QED) is 0.580. The van der Waals surface area contributed by atoms with Gasteiger partial charge in [0.1, 0.15) is 4.88 Å². The van der Waals surface area contributed by atoms with E-state index in [0.29, 0.717) is 28.9 Å². The first kappa shape index (κ1) is 18.5. The second kappa shape index (κ2) is 8.21. The fourth-order valence-corrected chi connectivity index (χ4v) is 2.76. The van der Waals surface area contributed by atoms with Crippen molar-refractivity contribution in [2.75, 3.05) is 39.2 Å². The highest BCUT2D eigenvalue weighted by Crippen LogP contribution is 2.32. The van der Waals surface area contributed by atoms with Gasteiger partial charge in [-0.3, -0.25) is 4.79 Å². The van der Waals surface area contributed by atoms with Gasteiger partial charge >= 0.3 is 5.97 Å². The minimum absolute atomic E-state index is 0.154. The zero-order valence-electron chi connectivity index (χ0n) is 13.6. The van der Waals surface area contributed by atoms with Crippen molar-refractivity contribution in [3.8, 4) is 0 Å². The summed E-state index contributed by atoms with van der Waals surface area (Å²) in [5.74, 6) is -0.664. The number of esters is 1. The van der Waals surface area contributed by atoms with Crippen LogP contribution in [0.25, 0.3) is 0 Å². The summed E-state index contributed by atoms with van der Waals surface area (Å²) in [4.78, 5) is 28.4. The largest absolute Gasteiger partial charge is 0.465 e. The summed E-state index contributed by atoms with van der Waals surface area (Å²) >= 11 is 1.12. The van der Waals surface area contributed by atoms with E-state index in [2.05, 4.69) is 15.6 Å². The minimum atomic E-state index is -0.443. The zero-order chi connectivity index (χ0) is 16.8. The summed E-state index contributed by atoms with van der Waals surface area (Å²) in [7, 11) is 2.92. The van der Waals surface area contributed by atoms with E-state index >= 15 is 0 Å². The highest BCUT2D eigenvalue weighted by Gasteiger charge is 2.28. The van der Waals surface area contributed by atoms with Gasteiger partial charge in [0.15, 0.2) is 5.13 Å². The fourth-order valence-electron chi connectivity index (χ4n) is 1.65. The number of amides is 1. The molecule has 0 bridgehead atoms. The molecular formula is C14H23N3O4S. The molecule has 1 amide bonds. The number of methoxy groups -OCH3 is 2. The van der Waals surface area contributed by atoms with Crippen LogP contribution in [0.4, 0.5) is 5.13 Å². The third kappa shape index (κ3) is 5.36. The van der Waals surface area contributed by atoms with Crippen molar-refractivity contribution in [1.82, 2.24) is 10.3 Å². The molecule has 1 heterocycles. The van der Waals surface area contributed by atoms with Crippen molar-refractivity contribution >= 4 is 28.3 Å². The minimum Gasteiger partial charge on any atom is -0.465 e. The zero-order valence-corrected chi connectivity index (χ0v) is 14.4. The Balaban J connectivity index is 2.78. The number of hydrogen-bond donors (Lipinski definition) is 2. The maximum Gasteiger partial charge on any atom is 0.350 e. The van der Waals surface area contributed by atoms with Crippen molar-refractivity contribution < 1.29 is 19.1 Å². The van der Waals surface area contributed by atoms with Gasteiger partial charge in [0.25, 0.3) is 0 Å². The van der Waals surface area contributed by atoms with Crippen LogP contribution < -0.4 is 10.6 Å². The molecule has 0 saturated carbocycles. The van der Waals surface area contributed by atoms with Gasteiger partial charge in [-0.2, -0.15) is 0 Å². The number of aromatic nitrogens is 1. The predicted molar refractivity (Wildman–Crippen MR) is 85.5 cm³/mol. The Hall–Kier alpha value is -1.51. The van der Waals surface area contributed by atoms with Crippen molar-refractivity contribution in [1.29, 1.82) is 0 Å². The predicted octanol–water partition coefficient (Wildman–Crippen LogP) is 1.40. The Kier molecular flexibility index (Phi) is 6.92. The number of anilines is 1. The lowest BCUT2D eigenvalue weighted by Gasteiger charge is -2.16. The van der Waals surface area contributed by atoms with Gasteiger partial charge < -0.3 is 20.1 Å². The third-order valence-electron chi connectivity index (χ3n) is 2.72. The number of carbonyl (C=O) groups is 2. The molecule has 1 aromatic heterocycles. The van der Waals surface area contributed by atoms with Crippen LogP contribution in [0, 0.1) is 0 Å². The van der Waals surface area contributed by atoms with E-state index in [1.165, 1.54) is 7.11 Å². The molecule has 8 heteroatoms. The Labute approximate surface area is 134 Å². The number of carbonyl (C=O) groups excluding carboxylic acids is 2. The maximum atomic E-state index is 11.8. The summed E-state index contributed by atoms with van der Waals surface area (Å²) in [6.07, 6.45) is 0. The molecule has 0 fully saturated rings. The Morgan fingerprint density at radius 2 is 1.95 bits per heavy atom. The summed E-state index contributed by atoms with van der Waals surface area (Å²) in [5.41, 5.74) is 0.298. The molecule has 7 nitrogen and oxygen atoms in total. The summed E-state index contributed by atoms with van der Waals surface area (Å²) < 4.78 is 9.66. The topological polar surface area (TPSA) is 89.5 Å². The molecule has 124 valence electrons. The van der Waals surface area contributed by atoms with Gasteiger partial charge in [0.2, 0.25) is 5.91 Å². The monoisotopic (exact) mass is 329 g/mol. The molecule has 0 unspecified atom stereocenters. The van der Waals surface area contributed by atoms with Gasteiger partial charge in [-0.25, -0.2) is 9.78 Å². The molecule has 22 heavy (non-hydrogen) atoms. The van der Waals surface area contributed by atoms with E-state index in [0.717, 1.165) is 11.3 Å². The average molecular weight is 329 g/mol. The molecule has 0 aliphatic heterocycles. The number of thiazole rings is 1. The summed E-state index contributed by atoms with van der Waals surface area (Å²) in [6.45, 7) is 7.13. The number of ether oxygens (including phenoxy) is 2. The molecule has 1 rings (SSSR count). The maximum absolute atomic E-state index is 11.8. The lowest BCUT2D eigenvalue weighted by Crippen LogP contribution is -2.30. The van der Waals surface area contributed by atoms with Gasteiger partial charge in [-0.1, -0.05) is 32.1 Å². The standard InChI is InChI=1S/C14H23N3O4S/c1-14(2,3)11-10(12(19)21-5)22-13(17-11)16-9(18)8-15-6-7-20-4/h15H,6-8H2,1-5H3,(H,16,17,18). The first-order valence-corrected chi connectivity index (χ1v) is 7.70. The van der Waals surface area contributed by atoms with Crippen LogP contribution >= 0.6 is 11.3 Å². The van der Waals surface area contributed by atoms with E-state index < -0.39 is 5.97 Å². The van der Waals surface area contributed by atoms with Gasteiger partial charge in [0, 0.05) is 19.1 Å². The second-order valence-electron chi connectivity index (χ2n) is 5.66. The van der Waals surface area contributed by atoms with Crippen LogP contribution in [0.3, 0.4) is 0 Å². The number of nitrogens with zero attached hydrogens (tertiary/aromatic N) is 1. The van der Waals surface area contributed by atoms with Crippen LogP contribution in [0.15, 0.2) is 0 Å². The third-order valence-corrected chi connectivity index (χ3v) is 3.67. The molecule has 0 atom stereocenters. The normalized spacial score (nSPS) is 11.3. The van der Waals surface area contributed by atoms with Gasteiger partial charge in [-0.15, -0.1) is 0 Å². The number of rotatable bonds is 7. The SMILES string of the molecule is COCCNCC(=O)Nc1nc(C(C)(C)C)c(C(=O)OC)s1. The first-order chi connectivity index (χ1) is 10.3. The number of nitrogens with one attached hydrogen (secondary N) is 2. The lowest BCUT2D eigenvalue weighted by molar-refractivity contribution is -0.115. The summed E-state index contributed by atoms with van der Waals surface area (Å²) in [5, 5.41) is 6.02. The number of hydrogen-bond acceptors (Lipinski definition) is 7. The van der Waals surface area contributed by atoms with E-state index in [4.69, 9.17) is 9.47 Å². The van der Waals surface area contributed by atoms with E-state index in [1.807, 2.05) is 20.8 Å². The highest BCUT2D eigenvalue weighted by molar-refractivity contribution is 7.17. The fraction of sp³-hybridized carbons (Fsp3) is 0.643. The lowest BCUT2D eigenvalue weighted by atomic mass is 9.91. The Morgan fingerprint density at radius 3 is 2.50 bits per heavy atom. The van der Waals surface area contributed by atoms with E-state index in [1.54, 1.807) is 7.11 Å². The summed E-state index contributed by atoms with van der Waals surface area (Å²) in [6, 6.07) is 0. The Morgan fingerprint density at radius 1 is 1.27 bits per heavy atom. The molecule has 1 aromatic rings. The highest BCUT2D eigenvalue weighted by atomic mass is 32.1. The molecule has 0 aliphatic rings. The molecule has 0 aromatic carbocycles. The van der Waals surface area contributed by atoms with Crippen LogP contribution in [-0.4, -0.2) is 50.8 Å². The van der Waals surface area contributed by atoms with Crippen LogP contribution in [0.1, 0.15) is 36.1 Å². The molecule has 0 saturated heterocycles. The molecule has 0 spiro atoms. The van der Waals surface area contributed by atoms with Gasteiger partial charge in [0.05, 0.1) is 26.0 Å². The van der Waals surface area contributed by atoms with E-state index in [9.17, 15) is 9.59 Å². The van der Waals surface area contributed by atoms with Crippen LogP contribution in [0.2, 0.25) is 0 Å². The van der Waals surface area contributed by atoms with Crippen LogP contribution in [-0.2, 0) is 19.7 Å². The first-order valence-electron chi connectivity index (χ1n) is 6.88. The average Bonchev–Trinajstić information content (AvgIpc) is 2.86. The van der Waals surface area contributed by atoms with Crippen molar-refractivity contribution in [3.63, 3.8) is 0 Å². The second-order valence-corrected chi connectivity index (χ2v) is 6.66. The molecule has 0 aliphatic carbocycles. The van der Waals surface area contributed by atoms with E-state index in [-0.39, 0.29) is 17.9 Å². The molecule has 0 radical (unpaired) electrons. The molecule has 2 N–H and O–H groups in total. The van der Waals surface area contributed by atoms with Crippen molar-refractivity contribution in [2.24, 2.45) is 0 Å². The van der Waals surface area contributed by atoms with Crippen molar-refractivity contribution in [3.05, 3.63) is 10.6 Å². The smallest absolute Gasteiger partial charge is 0.350 e.